The molecule has 0 fully saturated rings. The molecule has 0 aliphatic carbocycles. The monoisotopic (exact) mass is 264 g/mol. The van der Waals surface area contributed by atoms with Gasteiger partial charge in [-0.25, -0.2) is 0 Å². The van der Waals surface area contributed by atoms with Gasteiger partial charge in [0.25, 0.3) is 0 Å². The maximum atomic E-state index is 9.01. The van der Waals surface area contributed by atoms with Gasteiger partial charge in [-0.15, -0.1) is 0 Å². The van der Waals surface area contributed by atoms with E-state index in [2.05, 4.69) is 37.1 Å². The third-order valence-electron chi connectivity index (χ3n) is 3.41. The summed E-state index contributed by atoms with van der Waals surface area (Å²) in [5, 5.41) is 9.77. The first-order valence-electron chi connectivity index (χ1n) is 6.23. The minimum Gasteiger partial charge on any atom is -0.300 e. The van der Waals surface area contributed by atoms with Crippen LogP contribution in [0.5, 0.6) is 0 Å². The molecule has 0 N–H and O–H groups in total. The van der Waals surface area contributed by atoms with Crippen LogP contribution in [0.25, 0.3) is 0 Å². The van der Waals surface area contributed by atoms with Crippen molar-refractivity contribution in [2.24, 2.45) is 5.41 Å². The highest BCUT2D eigenvalue weighted by atomic mass is 35.5. The Bertz CT molecular complexity index is 417. The van der Waals surface area contributed by atoms with E-state index in [-0.39, 0.29) is 5.41 Å². The van der Waals surface area contributed by atoms with Crippen LogP contribution in [-0.2, 0) is 0 Å². The lowest BCUT2D eigenvalue weighted by Crippen LogP contribution is -2.27. The molecule has 0 saturated heterocycles. The molecule has 18 heavy (non-hydrogen) atoms. The fraction of sp³-hybridized carbons (Fsp3) is 0.533. The van der Waals surface area contributed by atoms with Crippen molar-refractivity contribution in [1.29, 1.82) is 5.26 Å². The molecule has 0 aliphatic rings. The topological polar surface area (TPSA) is 27.0 Å². The van der Waals surface area contributed by atoms with Crippen LogP contribution in [-0.4, -0.2) is 18.5 Å². The molecule has 1 aromatic carbocycles. The third-order valence-corrected chi connectivity index (χ3v) is 3.66. The van der Waals surface area contributed by atoms with E-state index >= 15 is 0 Å². The Kier molecular flexibility index (Phi) is 5.19. The average molecular weight is 265 g/mol. The molecule has 1 rings (SSSR count). The maximum Gasteiger partial charge on any atom is 0.0684 e. The Morgan fingerprint density at radius 1 is 1.33 bits per heavy atom. The highest BCUT2D eigenvalue weighted by Crippen LogP contribution is 2.24. The van der Waals surface area contributed by atoms with Crippen molar-refractivity contribution in [1.82, 2.24) is 4.90 Å². The number of rotatable bonds is 5. The summed E-state index contributed by atoms with van der Waals surface area (Å²) < 4.78 is 0. The third kappa shape index (κ3) is 4.33. The molecule has 0 aliphatic heterocycles. The zero-order valence-corrected chi connectivity index (χ0v) is 12.3. The fourth-order valence-electron chi connectivity index (χ4n) is 1.70. The standard InChI is InChI=1S/C15H21ClN2/c1-12(13-5-7-14(16)8-6-13)18(4)10-9-15(2,3)11-17/h5-8,12H,9-10H2,1-4H3. The first-order valence-corrected chi connectivity index (χ1v) is 6.60. The van der Waals surface area contributed by atoms with E-state index in [1.54, 1.807) is 0 Å². The smallest absolute Gasteiger partial charge is 0.0684 e. The predicted molar refractivity (Wildman–Crippen MR) is 76.5 cm³/mol. The summed E-state index contributed by atoms with van der Waals surface area (Å²) in [6.45, 7) is 7.04. The van der Waals surface area contributed by atoms with Crippen LogP contribution in [0.3, 0.4) is 0 Å². The van der Waals surface area contributed by atoms with Crippen molar-refractivity contribution < 1.29 is 0 Å². The van der Waals surface area contributed by atoms with Crippen molar-refractivity contribution in [2.75, 3.05) is 13.6 Å². The number of halogens is 1. The SMILES string of the molecule is CC(c1ccc(Cl)cc1)N(C)CCC(C)(C)C#N. The zero-order valence-electron chi connectivity index (χ0n) is 11.6. The average Bonchev–Trinajstić information content (AvgIpc) is 2.36. The van der Waals surface area contributed by atoms with E-state index in [0.717, 1.165) is 18.0 Å². The van der Waals surface area contributed by atoms with Gasteiger partial charge in [-0.3, -0.25) is 4.90 Å². The van der Waals surface area contributed by atoms with Gasteiger partial charge in [0.1, 0.15) is 0 Å². The molecule has 1 aromatic rings. The van der Waals surface area contributed by atoms with E-state index in [1.807, 2.05) is 26.0 Å². The number of nitriles is 1. The molecule has 0 radical (unpaired) electrons. The summed E-state index contributed by atoms with van der Waals surface area (Å²) in [5.41, 5.74) is 0.991. The molecule has 1 atom stereocenters. The van der Waals surface area contributed by atoms with Gasteiger partial charge in [0.05, 0.1) is 11.5 Å². The van der Waals surface area contributed by atoms with Crippen LogP contribution in [0.15, 0.2) is 24.3 Å². The number of benzene rings is 1. The molecule has 3 heteroatoms. The van der Waals surface area contributed by atoms with Gasteiger partial charge in [-0.05, 0) is 58.5 Å². The van der Waals surface area contributed by atoms with Crippen LogP contribution in [0.1, 0.15) is 38.8 Å². The second-order valence-corrected chi connectivity index (χ2v) is 5.89. The van der Waals surface area contributed by atoms with Gasteiger partial charge in [0.2, 0.25) is 0 Å². The highest BCUT2D eigenvalue weighted by molar-refractivity contribution is 6.30. The summed E-state index contributed by atoms with van der Waals surface area (Å²) in [5.74, 6) is 0. The van der Waals surface area contributed by atoms with Gasteiger partial charge in [-0.1, -0.05) is 23.7 Å². The van der Waals surface area contributed by atoms with Gasteiger partial charge in [-0.2, -0.15) is 5.26 Å². The minimum atomic E-state index is -0.256. The van der Waals surface area contributed by atoms with Gasteiger partial charge < -0.3 is 0 Å². The number of hydrogen-bond acceptors (Lipinski definition) is 2. The summed E-state index contributed by atoms with van der Waals surface area (Å²) in [6.07, 6.45) is 0.873. The van der Waals surface area contributed by atoms with E-state index in [1.165, 1.54) is 5.56 Å². The second kappa shape index (κ2) is 6.22. The lowest BCUT2D eigenvalue weighted by molar-refractivity contribution is 0.231. The lowest BCUT2D eigenvalue weighted by Gasteiger charge is -2.27. The summed E-state index contributed by atoms with van der Waals surface area (Å²) in [4.78, 5) is 2.27. The first-order chi connectivity index (χ1) is 8.35. The molecular weight excluding hydrogens is 244 g/mol. The molecule has 98 valence electrons. The molecule has 0 amide bonds. The Hall–Kier alpha value is -1.04. The number of nitrogens with zero attached hydrogens (tertiary/aromatic N) is 2. The zero-order chi connectivity index (χ0) is 13.8. The Morgan fingerprint density at radius 3 is 2.39 bits per heavy atom. The molecule has 0 bridgehead atoms. The van der Waals surface area contributed by atoms with Gasteiger partial charge in [0, 0.05) is 11.1 Å². The first kappa shape index (κ1) is 15.0. The van der Waals surface area contributed by atoms with Crippen molar-refractivity contribution in [3.05, 3.63) is 34.9 Å². The Labute approximate surface area is 115 Å². The van der Waals surface area contributed by atoms with Crippen molar-refractivity contribution in [2.45, 2.75) is 33.2 Å². The van der Waals surface area contributed by atoms with Gasteiger partial charge in [0.15, 0.2) is 0 Å². The highest BCUT2D eigenvalue weighted by Gasteiger charge is 2.19. The lowest BCUT2D eigenvalue weighted by atomic mass is 9.91. The molecule has 0 spiro atoms. The predicted octanol–water partition coefficient (Wildman–Crippen LogP) is 4.27. The van der Waals surface area contributed by atoms with E-state index in [0.29, 0.717) is 6.04 Å². The molecular formula is C15H21ClN2. The van der Waals surface area contributed by atoms with Gasteiger partial charge >= 0.3 is 0 Å². The summed E-state index contributed by atoms with van der Waals surface area (Å²) in [7, 11) is 2.09. The molecule has 0 saturated carbocycles. The largest absolute Gasteiger partial charge is 0.300 e. The quantitative estimate of drug-likeness (QED) is 0.794. The summed E-state index contributed by atoms with van der Waals surface area (Å²) >= 11 is 5.89. The van der Waals surface area contributed by atoms with E-state index < -0.39 is 0 Å². The summed E-state index contributed by atoms with van der Waals surface area (Å²) in [6, 6.07) is 10.6. The van der Waals surface area contributed by atoms with Crippen molar-refractivity contribution in [3.63, 3.8) is 0 Å². The minimum absolute atomic E-state index is 0.256. The van der Waals surface area contributed by atoms with E-state index in [4.69, 9.17) is 16.9 Å². The van der Waals surface area contributed by atoms with Crippen molar-refractivity contribution >= 4 is 11.6 Å². The van der Waals surface area contributed by atoms with Crippen LogP contribution in [0.2, 0.25) is 5.02 Å². The Balaban J connectivity index is 2.59. The molecule has 2 nitrogen and oxygen atoms in total. The second-order valence-electron chi connectivity index (χ2n) is 5.45. The number of hydrogen-bond donors (Lipinski definition) is 0. The fourth-order valence-corrected chi connectivity index (χ4v) is 1.83. The Morgan fingerprint density at radius 2 is 1.89 bits per heavy atom. The van der Waals surface area contributed by atoms with Crippen molar-refractivity contribution in [3.8, 4) is 6.07 Å². The van der Waals surface area contributed by atoms with Crippen LogP contribution < -0.4 is 0 Å². The van der Waals surface area contributed by atoms with Crippen LogP contribution >= 0.6 is 11.6 Å². The van der Waals surface area contributed by atoms with Crippen LogP contribution in [0, 0.1) is 16.7 Å². The molecule has 1 unspecified atom stereocenters. The molecule has 0 aromatic heterocycles. The normalized spacial score (nSPS) is 13.4. The van der Waals surface area contributed by atoms with E-state index in [9.17, 15) is 0 Å². The van der Waals surface area contributed by atoms with Crippen LogP contribution in [0.4, 0.5) is 0 Å². The molecule has 0 heterocycles. The maximum absolute atomic E-state index is 9.01.